The molecule has 0 bridgehead atoms. The van der Waals surface area contributed by atoms with Crippen molar-refractivity contribution in [1.29, 1.82) is 0 Å². The van der Waals surface area contributed by atoms with Crippen molar-refractivity contribution in [2.24, 2.45) is 0 Å². The van der Waals surface area contributed by atoms with Gasteiger partial charge in [0.1, 0.15) is 12.0 Å². The fourth-order valence-corrected chi connectivity index (χ4v) is 2.66. The lowest BCUT2D eigenvalue weighted by atomic mass is 10.1. The molecule has 0 saturated heterocycles. The molecule has 3 rings (SSSR count). The van der Waals surface area contributed by atoms with E-state index in [1.807, 2.05) is 18.2 Å². The molecule has 4 N–H and O–H groups in total. The summed E-state index contributed by atoms with van der Waals surface area (Å²) in [4.78, 5) is 8.39. The molecule has 5 nitrogen and oxygen atoms in total. The number of nitrogens with zero attached hydrogens (tertiary/aromatic N) is 2. The molecule has 0 fully saturated rings. The summed E-state index contributed by atoms with van der Waals surface area (Å²) in [6.07, 6.45) is 2.31. The monoisotopic (exact) mass is 373 g/mol. The summed E-state index contributed by atoms with van der Waals surface area (Å²) in [6.45, 7) is 0.711. The van der Waals surface area contributed by atoms with Gasteiger partial charge in [0, 0.05) is 11.6 Å². The Hall–Kier alpha value is -2.50. The smallest absolute Gasteiger partial charge is 0.159 e. The van der Waals surface area contributed by atoms with Crippen molar-refractivity contribution in [2.45, 2.75) is 6.42 Å². The van der Waals surface area contributed by atoms with Crippen LogP contribution in [0.5, 0.6) is 0 Å². The summed E-state index contributed by atoms with van der Waals surface area (Å²) < 4.78 is 0. The minimum Gasteiger partial charge on any atom is -0.393 e. The Labute approximate surface area is 156 Å². The molecule has 3 aromatic rings. The Bertz CT molecular complexity index is 855. The molecule has 0 unspecified atom stereocenters. The van der Waals surface area contributed by atoms with Crippen molar-refractivity contribution in [3.05, 3.63) is 70.5 Å². The van der Waals surface area contributed by atoms with Crippen LogP contribution in [0.1, 0.15) is 5.56 Å². The third-order valence-electron chi connectivity index (χ3n) is 3.61. The van der Waals surface area contributed by atoms with E-state index in [1.165, 1.54) is 11.9 Å². The zero-order valence-corrected chi connectivity index (χ0v) is 14.8. The van der Waals surface area contributed by atoms with Crippen LogP contribution in [0.25, 0.3) is 0 Å². The Balaban J connectivity index is 1.70. The summed E-state index contributed by atoms with van der Waals surface area (Å²) >= 11 is 12.2. The third kappa shape index (κ3) is 4.53. The topological polar surface area (TPSA) is 75.9 Å². The lowest BCUT2D eigenvalue weighted by Gasteiger charge is -2.13. The van der Waals surface area contributed by atoms with Crippen LogP contribution in [0.3, 0.4) is 0 Å². The van der Waals surface area contributed by atoms with E-state index in [1.54, 1.807) is 18.2 Å². The van der Waals surface area contributed by atoms with Crippen molar-refractivity contribution in [3.8, 4) is 0 Å². The number of halogens is 2. The van der Waals surface area contributed by atoms with Crippen LogP contribution in [0.15, 0.2) is 54.9 Å². The van der Waals surface area contributed by atoms with E-state index in [-0.39, 0.29) is 0 Å². The van der Waals surface area contributed by atoms with E-state index < -0.39 is 0 Å². The second-order valence-corrected chi connectivity index (χ2v) is 6.24. The molecule has 0 aliphatic rings. The van der Waals surface area contributed by atoms with Gasteiger partial charge in [-0.05, 0) is 30.2 Å². The molecule has 1 aromatic heterocycles. The average molecular weight is 374 g/mol. The zero-order valence-electron chi connectivity index (χ0n) is 13.3. The van der Waals surface area contributed by atoms with Gasteiger partial charge < -0.3 is 16.4 Å². The Morgan fingerprint density at radius 2 is 1.72 bits per heavy atom. The molecule has 0 saturated carbocycles. The number of nitrogens with two attached hydrogens (primary N) is 1. The Morgan fingerprint density at radius 1 is 0.960 bits per heavy atom. The van der Waals surface area contributed by atoms with E-state index in [0.29, 0.717) is 39.6 Å². The normalized spacial score (nSPS) is 10.5. The van der Waals surface area contributed by atoms with Crippen molar-refractivity contribution >= 4 is 46.2 Å². The second-order valence-electron chi connectivity index (χ2n) is 5.40. The third-order valence-corrected chi connectivity index (χ3v) is 4.18. The molecule has 0 aliphatic carbocycles. The standard InChI is InChI=1S/C18H17Cl2N5/c19-13-6-7-14(20)15(10-13)25-18-16(21)17(23-11-24-18)22-9-8-12-4-2-1-3-5-12/h1-7,10-11H,8-9,21H2,(H2,22,23,24,25). The Kier molecular flexibility index (Phi) is 5.58. The first-order valence-electron chi connectivity index (χ1n) is 7.74. The first-order valence-corrected chi connectivity index (χ1v) is 8.49. The summed E-state index contributed by atoms with van der Waals surface area (Å²) in [7, 11) is 0. The highest BCUT2D eigenvalue weighted by atomic mass is 35.5. The molecule has 2 aromatic carbocycles. The predicted molar refractivity (Wildman–Crippen MR) is 105 cm³/mol. The minimum absolute atomic E-state index is 0.423. The van der Waals surface area contributed by atoms with Gasteiger partial charge in [0.15, 0.2) is 11.6 Å². The Morgan fingerprint density at radius 3 is 2.52 bits per heavy atom. The van der Waals surface area contributed by atoms with E-state index in [2.05, 4.69) is 32.7 Å². The van der Waals surface area contributed by atoms with Gasteiger partial charge in [-0.3, -0.25) is 0 Å². The molecular weight excluding hydrogens is 357 g/mol. The molecule has 0 amide bonds. The van der Waals surface area contributed by atoms with E-state index in [0.717, 1.165) is 6.42 Å². The minimum atomic E-state index is 0.423. The zero-order chi connectivity index (χ0) is 17.6. The van der Waals surface area contributed by atoms with Crippen LogP contribution < -0.4 is 16.4 Å². The highest BCUT2D eigenvalue weighted by molar-refractivity contribution is 6.35. The fourth-order valence-electron chi connectivity index (χ4n) is 2.33. The molecule has 7 heteroatoms. The maximum atomic E-state index is 6.17. The van der Waals surface area contributed by atoms with Crippen LogP contribution in [0.4, 0.5) is 23.0 Å². The maximum absolute atomic E-state index is 6.17. The fraction of sp³-hybridized carbons (Fsp3) is 0.111. The second kappa shape index (κ2) is 8.05. The van der Waals surface area contributed by atoms with Gasteiger partial charge in [-0.2, -0.15) is 0 Å². The lowest BCUT2D eigenvalue weighted by molar-refractivity contribution is 1.00. The SMILES string of the molecule is Nc1c(NCCc2ccccc2)ncnc1Nc1cc(Cl)ccc1Cl. The van der Waals surface area contributed by atoms with E-state index in [9.17, 15) is 0 Å². The first kappa shape index (κ1) is 17.3. The van der Waals surface area contributed by atoms with E-state index in [4.69, 9.17) is 28.9 Å². The molecule has 0 radical (unpaired) electrons. The van der Waals surface area contributed by atoms with Crippen LogP contribution in [-0.2, 0) is 6.42 Å². The molecule has 128 valence electrons. The van der Waals surface area contributed by atoms with Gasteiger partial charge in [-0.1, -0.05) is 53.5 Å². The number of hydrogen-bond donors (Lipinski definition) is 3. The van der Waals surface area contributed by atoms with Crippen molar-refractivity contribution < 1.29 is 0 Å². The summed E-state index contributed by atoms with van der Waals surface area (Å²) in [6, 6.07) is 15.3. The first-order chi connectivity index (χ1) is 12.1. The van der Waals surface area contributed by atoms with Crippen molar-refractivity contribution in [2.75, 3.05) is 22.9 Å². The van der Waals surface area contributed by atoms with Crippen LogP contribution in [0, 0.1) is 0 Å². The predicted octanol–water partition coefficient (Wildman–Crippen LogP) is 4.76. The number of hydrogen-bond acceptors (Lipinski definition) is 5. The van der Waals surface area contributed by atoms with Crippen LogP contribution in [0.2, 0.25) is 10.0 Å². The molecule has 0 spiro atoms. The summed E-state index contributed by atoms with van der Waals surface area (Å²) in [5.41, 5.74) is 8.47. The summed E-state index contributed by atoms with van der Waals surface area (Å²) in [5, 5.41) is 7.43. The van der Waals surface area contributed by atoms with Gasteiger partial charge >= 0.3 is 0 Å². The van der Waals surface area contributed by atoms with Gasteiger partial charge in [0.25, 0.3) is 0 Å². The molecule has 25 heavy (non-hydrogen) atoms. The average Bonchev–Trinajstić information content (AvgIpc) is 2.62. The lowest BCUT2D eigenvalue weighted by Crippen LogP contribution is -2.10. The number of nitrogen functional groups attached to an aromatic ring is 1. The van der Waals surface area contributed by atoms with Gasteiger partial charge in [-0.25, -0.2) is 9.97 Å². The number of anilines is 4. The molecule has 0 aliphatic heterocycles. The molecule has 1 heterocycles. The molecular formula is C18H17Cl2N5. The largest absolute Gasteiger partial charge is 0.393 e. The number of rotatable bonds is 6. The van der Waals surface area contributed by atoms with Crippen molar-refractivity contribution in [3.63, 3.8) is 0 Å². The number of benzene rings is 2. The number of aromatic nitrogens is 2. The van der Waals surface area contributed by atoms with Gasteiger partial charge in [0.05, 0.1) is 10.7 Å². The quantitative estimate of drug-likeness (QED) is 0.580. The van der Waals surface area contributed by atoms with Crippen LogP contribution in [-0.4, -0.2) is 16.5 Å². The molecule has 0 atom stereocenters. The van der Waals surface area contributed by atoms with Crippen LogP contribution >= 0.6 is 23.2 Å². The highest BCUT2D eigenvalue weighted by Crippen LogP contribution is 2.31. The van der Waals surface area contributed by atoms with Crippen molar-refractivity contribution in [1.82, 2.24) is 9.97 Å². The highest BCUT2D eigenvalue weighted by Gasteiger charge is 2.10. The van der Waals surface area contributed by atoms with Gasteiger partial charge in [0.2, 0.25) is 0 Å². The van der Waals surface area contributed by atoms with E-state index >= 15 is 0 Å². The van der Waals surface area contributed by atoms with Gasteiger partial charge in [-0.15, -0.1) is 0 Å². The maximum Gasteiger partial charge on any atom is 0.159 e. The summed E-state index contributed by atoms with van der Waals surface area (Å²) in [5.74, 6) is 1.05. The number of nitrogens with one attached hydrogen (secondary N) is 2.